The summed E-state index contributed by atoms with van der Waals surface area (Å²) in [6, 6.07) is 58.8. The van der Waals surface area contributed by atoms with E-state index in [0.717, 1.165) is 0 Å². The molecular formula is C47H35NS. The van der Waals surface area contributed by atoms with Crippen LogP contribution in [0.5, 0.6) is 0 Å². The molecule has 1 atom stereocenters. The normalized spacial score (nSPS) is 16.7. The maximum atomic E-state index is 2.56. The first-order chi connectivity index (χ1) is 24.0. The maximum absolute atomic E-state index is 2.56. The first-order valence-corrected chi connectivity index (χ1v) is 18.0. The van der Waals surface area contributed by atoms with E-state index in [1.165, 1.54) is 87.3 Å². The van der Waals surface area contributed by atoms with E-state index < -0.39 is 0 Å². The van der Waals surface area contributed by atoms with E-state index in [9.17, 15) is 0 Å². The lowest BCUT2D eigenvalue weighted by molar-refractivity contribution is 0.660. The Morgan fingerprint density at radius 3 is 1.96 bits per heavy atom. The molecule has 2 heteroatoms. The molecule has 1 unspecified atom stereocenters. The van der Waals surface area contributed by atoms with Crippen LogP contribution < -0.4 is 4.90 Å². The second-order valence-electron chi connectivity index (χ2n) is 14.2. The summed E-state index contributed by atoms with van der Waals surface area (Å²) in [6.45, 7) is 7.15. The van der Waals surface area contributed by atoms with Crippen molar-refractivity contribution in [2.24, 2.45) is 0 Å². The Morgan fingerprint density at radius 1 is 0.469 bits per heavy atom. The fourth-order valence-corrected chi connectivity index (χ4v) is 10.1. The summed E-state index contributed by atoms with van der Waals surface area (Å²) in [7, 11) is 0. The van der Waals surface area contributed by atoms with Crippen molar-refractivity contribution < 1.29 is 0 Å². The van der Waals surface area contributed by atoms with Crippen molar-refractivity contribution in [1.29, 1.82) is 0 Å². The number of thiophene rings is 1. The van der Waals surface area contributed by atoms with Gasteiger partial charge in [-0.25, -0.2) is 0 Å². The highest BCUT2D eigenvalue weighted by Crippen LogP contribution is 2.57. The van der Waals surface area contributed by atoms with Crippen LogP contribution in [-0.2, 0) is 10.8 Å². The van der Waals surface area contributed by atoms with Crippen molar-refractivity contribution in [2.45, 2.75) is 31.6 Å². The van der Waals surface area contributed by atoms with Gasteiger partial charge >= 0.3 is 0 Å². The summed E-state index contributed by atoms with van der Waals surface area (Å²) in [5, 5.41) is 2.62. The van der Waals surface area contributed by atoms with E-state index in [-0.39, 0.29) is 10.8 Å². The molecule has 49 heavy (non-hydrogen) atoms. The fraction of sp³-hybridized carbons (Fsp3) is 0.106. The number of rotatable bonds is 4. The van der Waals surface area contributed by atoms with Crippen molar-refractivity contribution in [3.63, 3.8) is 0 Å². The van der Waals surface area contributed by atoms with E-state index in [2.05, 4.69) is 183 Å². The van der Waals surface area contributed by atoms with Crippen LogP contribution in [0.1, 0.15) is 48.6 Å². The number of benzene rings is 7. The molecule has 0 spiro atoms. The molecule has 0 fully saturated rings. The van der Waals surface area contributed by atoms with Crippen molar-refractivity contribution >= 4 is 48.6 Å². The molecule has 0 bridgehead atoms. The van der Waals surface area contributed by atoms with Crippen LogP contribution in [0, 0.1) is 0 Å². The average Bonchev–Trinajstić information content (AvgIpc) is 3.74. The number of nitrogens with zero attached hydrogens (tertiary/aromatic N) is 1. The summed E-state index contributed by atoms with van der Waals surface area (Å²) in [5.41, 5.74) is 15.3. The van der Waals surface area contributed by atoms with Gasteiger partial charge in [0.05, 0.1) is 16.1 Å². The monoisotopic (exact) mass is 645 g/mol. The molecule has 8 aromatic rings. The largest absolute Gasteiger partial charge is 0.308 e. The Hall–Kier alpha value is -5.44. The van der Waals surface area contributed by atoms with Crippen LogP contribution in [0.4, 0.5) is 17.1 Å². The molecule has 2 aliphatic rings. The van der Waals surface area contributed by atoms with E-state index in [0.29, 0.717) is 0 Å². The molecule has 0 aliphatic heterocycles. The second kappa shape index (κ2) is 10.3. The Morgan fingerprint density at radius 2 is 1.10 bits per heavy atom. The van der Waals surface area contributed by atoms with Gasteiger partial charge in [0.25, 0.3) is 0 Å². The Bertz CT molecular complexity index is 2610. The molecule has 0 radical (unpaired) electrons. The molecule has 0 N–H and O–H groups in total. The van der Waals surface area contributed by atoms with Gasteiger partial charge in [-0.15, -0.1) is 11.3 Å². The lowest BCUT2D eigenvalue weighted by Crippen LogP contribution is -2.23. The van der Waals surface area contributed by atoms with Gasteiger partial charge in [0.1, 0.15) is 0 Å². The fourth-order valence-electron chi connectivity index (χ4n) is 8.94. The van der Waals surface area contributed by atoms with Gasteiger partial charge in [-0.2, -0.15) is 0 Å². The van der Waals surface area contributed by atoms with Crippen LogP contribution in [0.3, 0.4) is 0 Å². The zero-order valence-corrected chi connectivity index (χ0v) is 28.7. The molecular weight excluding hydrogens is 611 g/mol. The van der Waals surface area contributed by atoms with Gasteiger partial charge in [0, 0.05) is 37.6 Å². The summed E-state index contributed by atoms with van der Waals surface area (Å²) in [4.78, 5) is 2.56. The topological polar surface area (TPSA) is 3.24 Å². The molecule has 7 aromatic carbocycles. The van der Waals surface area contributed by atoms with Gasteiger partial charge in [-0.1, -0.05) is 141 Å². The zero-order chi connectivity index (χ0) is 32.9. The van der Waals surface area contributed by atoms with Gasteiger partial charge in [-0.05, 0) is 81.8 Å². The Kier molecular flexibility index (Phi) is 5.99. The van der Waals surface area contributed by atoms with Gasteiger partial charge in [0.2, 0.25) is 0 Å². The minimum atomic E-state index is -0.286. The van der Waals surface area contributed by atoms with E-state index in [1.54, 1.807) is 0 Å². The van der Waals surface area contributed by atoms with E-state index in [4.69, 9.17) is 0 Å². The lowest BCUT2D eigenvalue weighted by atomic mass is 9.74. The third-order valence-corrected chi connectivity index (χ3v) is 12.6. The third kappa shape index (κ3) is 3.87. The Labute approximate surface area is 291 Å². The van der Waals surface area contributed by atoms with Crippen molar-refractivity contribution in [3.05, 3.63) is 186 Å². The maximum Gasteiger partial charge on any atom is 0.0640 e. The second-order valence-corrected chi connectivity index (χ2v) is 15.3. The van der Waals surface area contributed by atoms with Gasteiger partial charge in [-0.3, -0.25) is 0 Å². The highest BCUT2D eigenvalue weighted by molar-refractivity contribution is 7.26. The van der Waals surface area contributed by atoms with Crippen LogP contribution in [-0.4, -0.2) is 0 Å². The van der Waals surface area contributed by atoms with Crippen LogP contribution in [0.15, 0.2) is 158 Å². The number of hydrogen-bond donors (Lipinski definition) is 0. The van der Waals surface area contributed by atoms with Crippen LogP contribution in [0.2, 0.25) is 0 Å². The number of fused-ring (bicyclic) bond motifs is 9. The van der Waals surface area contributed by atoms with Gasteiger partial charge < -0.3 is 4.90 Å². The van der Waals surface area contributed by atoms with Crippen LogP contribution >= 0.6 is 11.3 Å². The lowest BCUT2D eigenvalue weighted by Gasteiger charge is -2.32. The highest BCUT2D eigenvalue weighted by Gasteiger charge is 2.42. The highest BCUT2D eigenvalue weighted by atomic mass is 32.1. The van der Waals surface area contributed by atoms with E-state index in [1.807, 2.05) is 11.3 Å². The summed E-state index contributed by atoms with van der Waals surface area (Å²) < 4.78 is 2.62. The molecule has 2 aliphatic carbocycles. The SMILES string of the molecule is CC1(C)c2ccccc2-c2c(N(c3ccc4c(c3)C(C)(c3ccccc3)c3ccccc3-4)c3cccc4c3sc3ccccc34)cccc21. The van der Waals surface area contributed by atoms with Crippen molar-refractivity contribution in [3.8, 4) is 22.3 Å². The first-order valence-electron chi connectivity index (χ1n) is 17.2. The molecule has 0 saturated heterocycles. The molecule has 1 heterocycles. The molecule has 0 saturated carbocycles. The third-order valence-electron chi connectivity index (χ3n) is 11.4. The standard InChI is InChI=1S/C47H35NS/c1-46(2)37-21-10-8-19-36(37)44-39(46)23-14-24-41(44)48(42-25-13-20-35-34-18-9-12-26-43(34)49-45(35)42)31-27-28-33-32-17-7-11-22-38(32)47(3,40(33)29-31)30-15-5-4-6-16-30/h4-29H,1-3H3. The minimum absolute atomic E-state index is 0.0946. The molecule has 0 amide bonds. The smallest absolute Gasteiger partial charge is 0.0640 e. The summed E-state index contributed by atoms with van der Waals surface area (Å²) in [6.07, 6.45) is 0. The molecule has 1 nitrogen and oxygen atoms in total. The predicted molar refractivity (Wildman–Crippen MR) is 209 cm³/mol. The van der Waals surface area contributed by atoms with Crippen molar-refractivity contribution in [1.82, 2.24) is 0 Å². The average molecular weight is 646 g/mol. The zero-order valence-electron chi connectivity index (χ0n) is 27.9. The van der Waals surface area contributed by atoms with Crippen LogP contribution in [0.25, 0.3) is 42.4 Å². The number of anilines is 3. The van der Waals surface area contributed by atoms with E-state index >= 15 is 0 Å². The number of hydrogen-bond acceptors (Lipinski definition) is 2. The quantitative estimate of drug-likeness (QED) is 0.184. The summed E-state index contributed by atoms with van der Waals surface area (Å²) >= 11 is 1.89. The van der Waals surface area contributed by atoms with Crippen molar-refractivity contribution in [2.75, 3.05) is 4.90 Å². The minimum Gasteiger partial charge on any atom is -0.308 e. The summed E-state index contributed by atoms with van der Waals surface area (Å²) in [5.74, 6) is 0. The van der Waals surface area contributed by atoms with Gasteiger partial charge in [0.15, 0.2) is 0 Å². The first kappa shape index (κ1) is 28.6. The molecule has 10 rings (SSSR count). The predicted octanol–water partition coefficient (Wildman–Crippen LogP) is 13.2. The Balaban J connectivity index is 1.29. The molecule has 1 aromatic heterocycles. The molecule has 234 valence electrons.